The number of nitrogens with zero attached hydrogens (tertiary/aromatic N) is 3. The molecule has 0 radical (unpaired) electrons. The van der Waals surface area contributed by atoms with Crippen LogP contribution >= 0.6 is 11.6 Å². The van der Waals surface area contributed by atoms with E-state index in [0.29, 0.717) is 16.8 Å². The van der Waals surface area contributed by atoms with Gasteiger partial charge in [0.2, 0.25) is 5.95 Å². The Morgan fingerprint density at radius 3 is 2.46 bits per heavy atom. The smallest absolute Gasteiger partial charge is 0.323 e. The van der Waals surface area contributed by atoms with Crippen LogP contribution in [0.4, 0.5) is 30.9 Å². The van der Waals surface area contributed by atoms with Gasteiger partial charge in [0.05, 0.1) is 33.3 Å². The highest BCUT2D eigenvalue weighted by Crippen LogP contribution is 2.27. The van der Waals surface area contributed by atoms with Crippen LogP contribution in [0, 0.1) is 11.6 Å². The Bertz CT molecular complexity index is 1320. The highest BCUT2D eigenvalue weighted by atomic mass is 35.5. The van der Waals surface area contributed by atoms with Crippen molar-refractivity contribution in [3.63, 3.8) is 0 Å². The molecule has 182 valence electrons. The number of hydrogen-bond donors (Lipinski definition) is 4. The van der Waals surface area contributed by atoms with E-state index in [1.807, 2.05) is 20.8 Å². The molecule has 0 fully saturated rings. The first kappa shape index (κ1) is 25.6. The van der Waals surface area contributed by atoms with Gasteiger partial charge in [-0.2, -0.15) is 0 Å². The molecule has 0 unspecified atom stereocenters. The standard InChI is InChI=1S/C24H24ClF2N7O/c1-24(2,3)31-12-15(21(28)19-8-9-30-22(29)32-19)13-4-6-17(27)20(10-13)34-23(35)33-18-7-5-14(26)11-16(18)25/h4-12H,28H2,1-3H3,(H2,29,30,32)(H2,33,34,35). The number of benzene rings is 2. The number of nitrogens with one attached hydrogen (secondary N) is 2. The number of rotatable bonds is 5. The van der Waals surface area contributed by atoms with Gasteiger partial charge >= 0.3 is 6.03 Å². The summed E-state index contributed by atoms with van der Waals surface area (Å²) < 4.78 is 27.8. The second kappa shape index (κ2) is 10.5. The minimum atomic E-state index is -0.778. The van der Waals surface area contributed by atoms with Gasteiger partial charge in [-0.25, -0.2) is 23.5 Å². The quantitative estimate of drug-likeness (QED) is 0.352. The van der Waals surface area contributed by atoms with Gasteiger partial charge in [-0.05, 0) is 62.7 Å². The van der Waals surface area contributed by atoms with Crippen molar-refractivity contribution in [2.24, 2.45) is 10.7 Å². The summed E-state index contributed by atoms with van der Waals surface area (Å²) in [7, 11) is 0. The molecule has 0 bridgehead atoms. The summed E-state index contributed by atoms with van der Waals surface area (Å²) in [6, 6.07) is 8.37. The van der Waals surface area contributed by atoms with Crippen molar-refractivity contribution in [3.05, 3.63) is 76.6 Å². The molecule has 0 saturated heterocycles. The number of hydrogen-bond acceptors (Lipinski definition) is 6. The van der Waals surface area contributed by atoms with Crippen molar-refractivity contribution >= 4 is 52.4 Å². The van der Waals surface area contributed by atoms with Crippen molar-refractivity contribution in [2.45, 2.75) is 26.3 Å². The molecule has 3 rings (SSSR count). The van der Waals surface area contributed by atoms with Crippen LogP contribution in [0.5, 0.6) is 0 Å². The van der Waals surface area contributed by atoms with Crippen molar-refractivity contribution in [3.8, 4) is 0 Å². The van der Waals surface area contributed by atoms with E-state index in [2.05, 4.69) is 25.6 Å². The summed E-state index contributed by atoms with van der Waals surface area (Å²) in [5.74, 6) is -1.21. The molecule has 35 heavy (non-hydrogen) atoms. The first-order valence-corrected chi connectivity index (χ1v) is 10.8. The zero-order chi connectivity index (χ0) is 25.8. The number of allylic oxidation sites excluding steroid dienone is 1. The monoisotopic (exact) mass is 499 g/mol. The SMILES string of the molecule is CC(C)(C)N=CC(=C(N)c1ccnc(N)n1)c1ccc(F)c(NC(=O)Nc2ccc(F)cc2Cl)c1. The molecule has 0 atom stereocenters. The summed E-state index contributed by atoms with van der Waals surface area (Å²) in [5.41, 5.74) is 13.2. The van der Waals surface area contributed by atoms with E-state index < -0.39 is 23.2 Å². The van der Waals surface area contributed by atoms with Gasteiger partial charge < -0.3 is 22.1 Å². The van der Waals surface area contributed by atoms with Crippen molar-refractivity contribution in [1.29, 1.82) is 0 Å². The fourth-order valence-corrected chi connectivity index (χ4v) is 3.09. The van der Waals surface area contributed by atoms with Crippen LogP contribution in [0.3, 0.4) is 0 Å². The highest BCUT2D eigenvalue weighted by Gasteiger charge is 2.15. The maximum Gasteiger partial charge on any atom is 0.323 e. The van der Waals surface area contributed by atoms with E-state index >= 15 is 0 Å². The summed E-state index contributed by atoms with van der Waals surface area (Å²) in [6.45, 7) is 5.72. The molecular weight excluding hydrogens is 476 g/mol. The topological polar surface area (TPSA) is 131 Å². The van der Waals surface area contributed by atoms with Gasteiger partial charge in [-0.3, -0.25) is 4.99 Å². The molecule has 0 spiro atoms. The van der Waals surface area contributed by atoms with Crippen LogP contribution in [0.1, 0.15) is 32.0 Å². The molecule has 2 amide bonds. The highest BCUT2D eigenvalue weighted by molar-refractivity contribution is 6.33. The number of urea groups is 1. The average molecular weight is 500 g/mol. The van der Waals surface area contributed by atoms with Crippen LogP contribution in [-0.2, 0) is 0 Å². The minimum Gasteiger partial charge on any atom is -0.396 e. The molecule has 0 aliphatic heterocycles. The van der Waals surface area contributed by atoms with Gasteiger partial charge in [0.25, 0.3) is 0 Å². The molecule has 1 aromatic heterocycles. The summed E-state index contributed by atoms with van der Waals surface area (Å²) in [5, 5.41) is 4.87. The third-order valence-corrected chi connectivity index (χ3v) is 4.84. The molecule has 0 aliphatic carbocycles. The molecule has 1 heterocycles. The Morgan fingerprint density at radius 2 is 1.80 bits per heavy atom. The Kier molecular flexibility index (Phi) is 7.65. The first-order valence-electron chi connectivity index (χ1n) is 10.4. The predicted molar refractivity (Wildman–Crippen MR) is 136 cm³/mol. The largest absolute Gasteiger partial charge is 0.396 e. The molecule has 3 aromatic rings. The maximum absolute atomic E-state index is 14.6. The normalized spacial score (nSPS) is 12.4. The van der Waals surface area contributed by atoms with Crippen LogP contribution < -0.4 is 22.1 Å². The Hall–Kier alpha value is -4.05. The second-order valence-corrected chi connectivity index (χ2v) is 8.86. The summed E-state index contributed by atoms with van der Waals surface area (Å²) in [6.07, 6.45) is 3.02. The molecular formula is C24H24ClF2N7O. The van der Waals surface area contributed by atoms with Crippen molar-refractivity contribution in [2.75, 3.05) is 16.4 Å². The summed E-state index contributed by atoms with van der Waals surface area (Å²) >= 11 is 5.94. The number of carbonyl (C=O) groups excluding carboxylic acids is 1. The van der Waals surface area contributed by atoms with Crippen LogP contribution in [0.25, 0.3) is 11.3 Å². The van der Waals surface area contributed by atoms with Crippen molar-refractivity contribution in [1.82, 2.24) is 9.97 Å². The zero-order valence-electron chi connectivity index (χ0n) is 19.2. The van der Waals surface area contributed by atoms with E-state index in [-0.39, 0.29) is 28.0 Å². The second-order valence-electron chi connectivity index (χ2n) is 8.45. The third kappa shape index (κ3) is 6.97. The third-order valence-electron chi connectivity index (χ3n) is 4.53. The number of aromatic nitrogens is 2. The van der Waals surface area contributed by atoms with E-state index in [4.69, 9.17) is 23.1 Å². The number of carbonyl (C=O) groups is 1. The predicted octanol–water partition coefficient (Wildman–Crippen LogP) is 5.33. The number of nitrogen functional groups attached to an aromatic ring is 1. The Morgan fingerprint density at radius 1 is 1.09 bits per heavy atom. The van der Waals surface area contributed by atoms with Gasteiger partial charge in [0, 0.05) is 18.0 Å². The van der Waals surface area contributed by atoms with E-state index in [1.54, 1.807) is 12.3 Å². The number of halogens is 3. The van der Waals surface area contributed by atoms with Crippen LogP contribution in [0.15, 0.2) is 53.7 Å². The van der Waals surface area contributed by atoms with Gasteiger partial charge in [0.15, 0.2) is 0 Å². The first-order chi connectivity index (χ1) is 16.4. The molecule has 0 saturated carbocycles. The lowest BCUT2D eigenvalue weighted by Gasteiger charge is -2.15. The zero-order valence-corrected chi connectivity index (χ0v) is 20.0. The molecule has 6 N–H and O–H groups in total. The Balaban J connectivity index is 1.98. The van der Waals surface area contributed by atoms with E-state index in [0.717, 1.165) is 12.1 Å². The number of aliphatic imine (C=N–C) groups is 1. The lowest BCUT2D eigenvalue weighted by atomic mass is 10.0. The van der Waals surface area contributed by atoms with Crippen LogP contribution in [-0.4, -0.2) is 27.8 Å². The molecule has 11 heteroatoms. The fourth-order valence-electron chi connectivity index (χ4n) is 2.87. The summed E-state index contributed by atoms with van der Waals surface area (Å²) in [4.78, 5) is 25.0. The Labute approximate surface area is 206 Å². The van der Waals surface area contributed by atoms with E-state index in [9.17, 15) is 13.6 Å². The van der Waals surface area contributed by atoms with E-state index in [1.165, 1.54) is 30.5 Å². The van der Waals surface area contributed by atoms with Gasteiger partial charge in [-0.1, -0.05) is 17.7 Å². The minimum absolute atomic E-state index is 0.00474. The molecule has 0 aliphatic rings. The number of nitrogens with two attached hydrogens (primary N) is 2. The molecule has 8 nitrogen and oxygen atoms in total. The molecule has 2 aromatic carbocycles. The maximum atomic E-state index is 14.6. The van der Waals surface area contributed by atoms with Gasteiger partial charge in [0.1, 0.15) is 11.6 Å². The van der Waals surface area contributed by atoms with Crippen molar-refractivity contribution < 1.29 is 13.6 Å². The lowest BCUT2D eigenvalue weighted by Crippen LogP contribution is -2.20. The average Bonchev–Trinajstić information content (AvgIpc) is 2.77. The lowest BCUT2D eigenvalue weighted by molar-refractivity contribution is 0.262. The fraction of sp³-hybridized carbons (Fsp3) is 0.167. The van der Waals surface area contributed by atoms with Gasteiger partial charge in [-0.15, -0.1) is 0 Å². The number of amides is 2. The van der Waals surface area contributed by atoms with Crippen LogP contribution in [0.2, 0.25) is 5.02 Å². The number of anilines is 3.